The SMILES string of the molecule is Cc1nc(CNC(=O)c2n[nH]c(=O)c3ccccc23)cs1. The van der Waals surface area contributed by atoms with E-state index < -0.39 is 0 Å². The van der Waals surface area contributed by atoms with Crippen molar-refractivity contribution in [2.75, 3.05) is 0 Å². The lowest BCUT2D eigenvalue weighted by molar-refractivity contribution is 0.0946. The highest BCUT2D eigenvalue weighted by atomic mass is 32.1. The van der Waals surface area contributed by atoms with Crippen LogP contribution in [0.2, 0.25) is 0 Å². The lowest BCUT2D eigenvalue weighted by Gasteiger charge is -2.05. The predicted octanol–water partition coefficient (Wildman–Crippen LogP) is 1.62. The number of amides is 1. The number of nitrogens with zero attached hydrogens (tertiary/aromatic N) is 2. The Morgan fingerprint density at radius 2 is 2.10 bits per heavy atom. The van der Waals surface area contributed by atoms with Crippen molar-refractivity contribution in [1.82, 2.24) is 20.5 Å². The maximum atomic E-state index is 12.2. The molecule has 0 aliphatic carbocycles. The van der Waals surface area contributed by atoms with Crippen molar-refractivity contribution in [3.05, 3.63) is 56.4 Å². The summed E-state index contributed by atoms with van der Waals surface area (Å²) < 4.78 is 0. The van der Waals surface area contributed by atoms with Crippen LogP contribution in [-0.4, -0.2) is 21.1 Å². The van der Waals surface area contributed by atoms with E-state index in [4.69, 9.17) is 0 Å². The highest BCUT2D eigenvalue weighted by Crippen LogP contribution is 2.12. The van der Waals surface area contributed by atoms with Gasteiger partial charge in [0.25, 0.3) is 11.5 Å². The van der Waals surface area contributed by atoms with Gasteiger partial charge < -0.3 is 5.32 Å². The Morgan fingerprint density at radius 1 is 1.33 bits per heavy atom. The molecule has 0 saturated carbocycles. The van der Waals surface area contributed by atoms with E-state index in [0.717, 1.165) is 10.7 Å². The van der Waals surface area contributed by atoms with Crippen LogP contribution in [0.25, 0.3) is 10.8 Å². The van der Waals surface area contributed by atoms with Crippen molar-refractivity contribution in [3.63, 3.8) is 0 Å². The monoisotopic (exact) mass is 300 g/mol. The van der Waals surface area contributed by atoms with Gasteiger partial charge >= 0.3 is 0 Å². The van der Waals surface area contributed by atoms with Gasteiger partial charge in [-0.05, 0) is 13.0 Å². The molecule has 0 unspecified atom stereocenters. The molecule has 0 aliphatic heterocycles. The van der Waals surface area contributed by atoms with E-state index in [-0.39, 0.29) is 17.2 Å². The van der Waals surface area contributed by atoms with Gasteiger partial charge in [-0.15, -0.1) is 11.3 Å². The van der Waals surface area contributed by atoms with Crippen molar-refractivity contribution in [2.45, 2.75) is 13.5 Å². The Balaban J connectivity index is 1.88. The van der Waals surface area contributed by atoms with Crippen LogP contribution in [-0.2, 0) is 6.54 Å². The standard InChI is InChI=1S/C14H12N4O2S/c1-8-16-9(7-21-8)6-15-14(20)12-10-4-2-3-5-11(10)13(19)18-17-12/h2-5,7H,6H2,1H3,(H,15,20)(H,18,19). The van der Waals surface area contributed by atoms with Gasteiger partial charge in [-0.2, -0.15) is 5.10 Å². The van der Waals surface area contributed by atoms with Crippen molar-refractivity contribution in [2.24, 2.45) is 0 Å². The van der Waals surface area contributed by atoms with Crippen molar-refractivity contribution >= 4 is 28.0 Å². The van der Waals surface area contributed by atoms with Gasteiger partial charge in [-0.3, -0.25) is 9.59 Å². The first-order valence-corrected chi connectivity index (χ1v) is 7.20. The third kappa shape index (κ3) is 2.68. The Bertz CT molecular complexity index is 869. The first-order chi connectivity index (χ1) is 10.1. The maximum Gasteiger partial charge on any atom is 0.272 e. The molecular weight excluding hydrogens is 288 g/mol. The molecule has 1 aromatic carbocycles. The number of aryl methyl sites for hydroxylation is 1. The van der Waals surface area contributed by atoms with Crippen LogP contribution in [0.3, 0.4) is 0 Å². The highest BCUT2D eigenvalue weighted by Gasteiger charge is 2.13. The quantitative estimate of drug-likeness (QED) is 0.769. The average Bonchev–Trinajstić information content (AvgIpc) is 2.91. The first-order valence-electron chi connectivity index (χ1n) is 6.32. The van der Waals surface area contributed by atoms with E-state index in [9.17, 15) is 9.59 Å². The summed E-state index contributed by atoms with van der Waals surface area (Å²) in [5.41, 5.74) is 0.703. The minimum absolute atomic E-state index is 0.206. The summed E-state index contributed by atoms with van der Waals surface area (Å²) in [5, 5.41) is 12.8. The summed E-state index contributed by atoms with van der Waals surface area (Å²) in [6, 6.07) is 6.89. The van der Waals surface area contributed by atoms with E-state index >= 15 is 0 Å². The lowest BCUT2D eigenvalue weighted by Crippen LogP contribution is -2.26. The van der Waals surface area contributed by atoms with Gasteiger partial charge in [0.05, 0.1) is 22.6 Å². The van der Waals surface area contributed by atoms with E-state index in [0.29, 0.717) is 17.3 Å². The third-order valence-electron chi connectivity index (χ3n) is 3.01. The van der Waals surface area contributed by atoms with Crippen molar-refractivity contribution in [1.29, 1.82) is 0 Å². The first kappa shape index (κ1) is 13.4. The second kappa shape index (κ2) is 5.45. The van der Waals surface area contributed by atoms with Crippen LogP contribution >= 0.6 is 11.3 Å². The minimum Gasteiger partial charge on any atom is -0.345 e. The summed E-state index contributed by atoms with van der Waals surface area (Å²) in [7, 11) is 0. The van der Waals surface area contributed by atoms with E-state index in [2.05, 4.69) is 20.5 Å². The molecule has 2 heterocycles. The predicted molar refractivity (Wildman–Crippen MR) is 80.4 cm³/mol. The molecule has 3 aromatic rings. The van der Waals surface area contributed by atoms with Gasteiger partial charge in [0, 0.05) is 10.8 Å². The lowest BCUT2D eigenvalue weighted by atomic mass is 10.1. The van der Waals surface area contributed by atoms with E-state index in [1.165, 1.54) is 11.3 Å². The topological polar surface area (TPSA) is 87.7 Å². The van der Waals surface area contributed by atoms with Gasteiger partial charge in [-0.25, -0.2) is 10.1 Å². The number of carbonyl (C=O) groups is 1. The fourth-order valence-corrected chi connectivity index (χ4v) is 2.64. The molecule has 0 fully saturated rings. The number of H-pyrrole nitrogens is 1. The van der Waals surface area contributed by atoms with Crippen LogP contribution in [0.15, 0.2) is 34.4 Å². The van der Waals surface area contributed by atoms with Crippen LogP contribution < -0.4 is 10.9 Å². The Labute approximate surface area is 123 Å². The fourth-order valence-electron chi connectivity index (χ4n) is 2.03. The van der Waals surface area contributed by atoms with Gasteiger partial charge in [0.1, 0.15) is 0 Å². The number of hydrogen-bond donors (Lipinski definition) is 2. The molecule has 2 aromatic heterocycles. The molecular formula is C14H12N4O2S. The Hall–Kier alpha value is -2.54. The zero-order valence-electron chi connectivity index (χ0n) is 11.2. The molecule has 0 bridgehead atoms. The van der Waals surface area contributed by atoms with Crippen LogP contribution in [0, 0.1) is 6.92 Å². The number of rotatable bonds is 3. The third-order valence-corrected chi connectivity index (χ3v) is 3.83. The number of hydrogen-bond acceptors (Lipinski definition) is 5. The molecule has 0 atom stereocenters. The second-order valence-electron chi connectivity index (χ2n) is 4.49. The number of thiazole rings is 1. The summed E-state index contributed by atoms with van der Waals surface area (Å²) in [4.78, 5) is 28.2. The van der Waals surface area contributed by atoms with E-state index in [1.54, 1.807) is 24.3 Å². The van der Waals surface area contributed by atoms with Gasteiger partial charge in [0.15, 0.2) is 5.69 Å². The fraction of sp³-hybridized carbons (Fsp3) is 0.143. The molecule has 0 spiro atoms. The van der Waals surface area contributed by atoms with Crippen LogP contribution in [0.1, 0.15) is 21.2 Å². The molecule has 3 rings (SSSR count). The molecule has 0 radical (unpaired) electrons. The van der Waals surface area contributed by atoms with Crippen molar-refractivity contribution < 1.29 is 4.79 Å². The van der Waals surface area contributed by atoms with Gasteiger partial charge in [0.2, 0.25) is 0 Å². The second-order valence-corrected chi connectivity index (χ2v) is 5.55. The van der Waals surface area contributed by atoms with Crippen molar-refractivity contribution in [3.8, 4) is 0 Å². The molecule has 0 aliphatic rings. The van der Waals surface area contributed by atoms with Crippen LogP contribution in [0.4, 0.5) is 0 Å². The molecule has 0 saturated heterocycles. The number of aromatic amines is 1. The molecule has 21 heavy (non-hydrogen) atoms. The molecule has 7 heteroatoms. The highest BCUT2D eigenvalue weighted by molar-refractivity contribution is 7.09. The van der Waals surface area contributed by atoms with Gasteiger partial charge in [-0.1, -0.05) is 18.2 Å². The summed E-state index contributed by atoms with van der Waals surface area (Å²) in [5.74, 6) is -0.340. The average molecular weight is 300 g/mol. The normalized spacial score (nSPS) is 10.7. The van der Waals surface area contributed by atoms with E-state index in [1.807, 2.05) is 12.3 Å². The molecule has 2 N–H and O–H groups in total. The number of aromatic nitrogens is 3. The number of benzene rings is 1. The molecule has 1 amide bonds. The molecule has 106 valence electrons. The van der Waals surface area contributed by atoms with Crippen LogP contribution in [0.5, 0.6) is 0 Å². The Kier molecular flexibility index (Phi) is 3.49. The smallest absolute Gasteiger partial charge is 0.272 e. The summed E-state index contributed by atoms with van der Waals surface area (Å²) in [6.07, 6.45) is 0. The number of fused-ring (bicyclic) bond motifs is 1. The minimum atomic E-state index is -0.340. The largest absolute Gasteiger partial charge is 0.345 e. The molecule has 6 nitrogen and oxygen atoms in total. The Morgan fingerprint density at radius 3 is 2.81 bits per heavy atom. The summed E-state index contributed by atoms with van der Waals surface area (Å²) >= 11 is 1.53. The summed E-state index contributed by atoms with van der Waals surface area (Å²) in [6.45, 7) is 2.24. The number of nitrogens with one attached hydrogen (secondary N) is 2. The zero-order valence-corrected chi connectivity index (χ0v) is 12.0. The maximum absolute atomic E-state index is 12.2. The number of carbonyl (C=O) groups excluding carboxylic acids is 1. The zero-order chi connectivity index (χ0) is 14.8.